The minimum absolute atomic E-state index is 0.148. The second kappa shape index (κ2) is 4.74. The summed E-state index contributed by atoms with van der Waals surface area (Å²) in [5.74, 6) is -0.148. The van der Waals surface area contributed by atoms with E-state index in [9.17, 15) is 4.48 Å². The maximum atomic E-state index is 11.6. The third-order valence-corrected chi connectivity index (χ3v) is 1.24. The molecule has 0 saturated heterocycles. The Bertz CT molecular complexity index is 155. The van der Waals surface area contributed by atoms with Crippen LogP contribution in [0.3, 0.4) is 0 Å². The van der Waals surface area contributed by atoms with Gasteiger partial charge in [-0.3, -0.25) is 0 Å². The zero-order valence-corrected chi connectivity index (χ0v) is 6.13. The van der Waals surface area contributed by atoms with Crippen LogP contribution in [-0.2, 0) is 0 Å². The van der Waals surface area contributed by atoms with Gasteiger partial charge in [-0.25, -0.2) is 0 Å². The average molecular weight is 143 g/mol. The molecule has 0 bridgehead atoms. The van der Waals surface area contributed by atoms with Gasteiger partial charge in [-0.15, -0.1) is 0 Å². The van der Waals surface area contributed by atoms with Gasteiger partial charge in [-0.1, -0.05) is 9.70 Å². The Kier molecular flexibility index (Phi) is 4.21. The minimum atomic E-state index is -0.148. The highest BCUT2D eigenvalue weighted by Crippen LogP contribution is 1.90. The van der Waals surface area contributed by atoms with Crippen LogP contribution in [0, 0.1) is 11.3 Å². The molecule has 56 valence electrons. The van der Waals surface area contributed by atoms with E-state index in [-0.39, 0.29) is 5.84 Å². The van der Waals surface area contributed by atoms with Gasteiger partial charge < -0.3 is 4.90 Å². The van der Waals surface area contributed by atoms with Crippen molar-refractivity contribution in [2.45, 2.75) is 13.8 Å². The molecule has 0 aliphatic heterocycles. The lowest BCUT2D eigenvalue weighted by Crippen LogP contribution is -2.28. The lowest BCUT2D eigenvalue weighted by molar-refractivity contribution is 0.439. The van der Waals surface area contributed by atoms with Gasteiger partial charge in [0.1, 0.15) is 6.07 Å². The van der Waals surface area contributed by atoms with Crippen molar-refractivity contribution in [2.24, 2.45) is 5.21 Å². The summed E-state index contributed by atoms with van der Waals surface area (Å²) in [6.45, 7) is 4.89. The first-order valence-electron chi connectivity index (χ1n) is 3.14. The fourth-order valence-corrected chi connectivity index (χ4v) is 0.666. The van der Waals surface area contributed by atoms with E-state index in [1.54, 1.807) is 11.0 Å². The average Bonchev–Trinajstić information content (AvgIpc) is 2.00. The fraction of sp³-hybridized carbons (Fsp3) is 0.667. The van der Waals surface area contributed by atoms with Crippen molar-refractivity contribution in [3.63, 3.8) is 0 Å². The number of nitrogens with zero attached hydrogens (tertiary/aromatic N) is 3. The van der Waals surface area contributed by atoms with Crippen LogP contribution in [0.1, 0.15) is 13.8 Å². The smallest absolute Gasteiger partial charge is 0.240 e. The molecule has 0 aromatic rings. The fourth-order valence-electron chi connectivity index (χ4n) is 0.666. The standard InChI is InChI=1S/C6H10FN3/c1-3-10(4-2)6(5-8)9-7/h3-4H2,1-2H3/b9-6+. The third kappa shape index (κ3) is 2.02. The number of rotatable bonds is 2. The Labute approximate surface area is 59.7 Å². The van der Waals surface area contributed by atoms with Crippen molar-refractivity contribution in [3.05, 3.63) is 0 Å². The Morgan fingerprint density at radius 1 is 1.60 bits per heavy atom. The molecular formula is C6H10FN3. The van der Waals surface area contributed by atoms with Crippen molar-refractivity contribution in [1.29, 1.82) is 5.26 Å². The highest BCUT2D eigenvalue weighted by Gasteiger charge is 2.04. The predicted octanol–water partition coefficient (Wildman–Crippen LogP) is 1.13. The normalized spacial score (nSPS) is 10.8. The monoisotopic (exact) mass is 143 g/mol. The Hall–Kier alpha value is -1.11. The largest absolute Gasteiger partial charge is 0.346 e. The SMILES string of the molecule is CCN(CC)/C(C#N)=N/F. The first-order chi connectivity index (χ1) is 4.79. The van der Waals surface area contributed by atoms with Crippen LogP contribution in [0.2, 0.25) is 0 Å². The first kappa shape index (κ1) is 8.89. The molecule has 0 unspecified atom stereocenters. The van der Waals surface area contributed by atoms with E-state index in [2.05, 4.69) is 5.21 Å². The molecule has 3 nitrogen and oxygen atoms in total. The molecule has 0 aromatic heterocycles. The number of nitriles is 1. The van der Waals surface area contributed by atoms with Crippen molar-refractivity contribution < 1.29 is 4.48 Å². The van der Waals surface area contributed by atoms with E-state index in [1.807, 2.05) is 13.8 Å². The Balaban J connectivity index is 4.14. The number of hydrogen-bond donors (Lipinski definition) is 0. The van der Waals surface area contributed by atoms with Crippen molar-refractivity contribution >= 4 is 5.84 Å². The summed E-state index contributed by atoms with van der Waals surface area (Å²) in [5.41, 5.74) is 0. The quantitative estimate of drug-likeness (QED) is 0.429. The van der Waals surface area contributed by atoms with Gasteiger partial charge in [0.2, 0.25) is 5.84 Å². The van der Waals surface area contributed by atoms with Crippen LogP contribution in [0.4, 0.5) is 4.48 Å². The zero-order chi connectivity index (χ0) is 7.98. The van der Waals surface area contributed by atoms with Gasteiger partial charge in [0.05, 0.1) is 0 Å². The van der Waals surface area contributed by atoms with Crippen LogP contribution in [0.25, 0.3) is 0 Å². The van der Waals surface area contributed by atoms with Crippen LogP contribution in [0.5, 0.6) is 0 Å². The summed E-state index contributed by atoms with van der Waals surface area (Å²) in [4.78, 5) is 1.54. The van der Waals surface area contributed by atoms with Gasteiger partial charge in [0.15, 0.2) is 0 Å². The number of amidine groups is 1. The number of hydrogen-bond acceptors (Lipinski definition) is 2. The van der Waals surface area contributed by atoms with Crippen LogP contribution >= 0.6 is 0 Å². The molecule has 0 spiro atoms. The molecule has 0 saturated carbocycles. The van der Waals surface area contributed by atoms with E-state index in [0.29, 0.717) is 13.1 Å². The lowest BCUT2D eigenvalue weighted by Gasteiger charge is -2.15. The summed E-state index contributed by atoms with van der Waals surface area (Å²) < 4.78 is 11.6. The van der Waals surface area contributed by atoms with Crippen LogP contribution in [0.15, 0.2) is 5.21 Å². The predicted molar refractivity (Wildman–Crippen MR) is 37.1 cm³/mol. The van der Waals surface area contributed by atoms with E-state index in [4.69, 9.17) is 5.26 Å². The second-order valence-electron chi connectivity index (χ2n) is 1.69. The zero-order valence-electron chi connectivity index (χ0n) is 6.13. The molecule has 0 N–H and O–H groups in total. The van der Waals surface area contributed by atoms with E-state index in [1.165, 1.54) is 0 Å². The summed E-state index contributed by atoms with van der Waals surface area (Å²) in [6.07, 6.45) is 0. The molecule has 0 radical (unpaired) electrons. The number of halogens is 1. The summed E-state index contributed by atoms with van der Waals surface area (Å²) in [6, 6.07) is 1.65. The first-order valence-corrected chi connectivity index (χ1v) is 3.14. The molecule has 0 amide bonds. The van der Waals surface area contributed by atoms with Crippen molar-refractivity contribution in [3.8, 4) is 6.07 Å². The Morgan fingerprint density at radius 2 is 2.10 bits per heavy atom. The van der Waals surface area contributed by atoms with Crippen LogP contribution in [-0.4, -0.2) is 23.8 Å². The van der Waals surface area contributed by atoms with Crippen LogP contribution < -0.4 is 0 Å². The molecule has 0 aromatic carbocycles. The molecule has 0 aliphatic rings. The maximum absolute atomic E-state index is 11.6. The topological polar surface area (TPSA) is 39.4 Å². The molecule has 0 atom stereocenters. The molecule has 0 aliphatic carbocycles. The van der Waals surface area contributed by atoms with E-state index in [0.717, 1.165) is 0 Å². The van der Waals surface area contributed by atoms with E-state index >= 15 is 0 Å². The molecular weight excluding hydrogens is 133 g/mol. The molecule has 0 fully saturated rings. The van der Waals surface area contributed by atoms with Gasteiger partial charge in [-0.05, 0) is 13.8 Å². The summed E-state index contributed by atoms with van der Waals surface area (Å²) in [5, 5.41) is 10.6. The van der Waals surface area contributed by atoms with Gasteiger partial charge >= 0.3 is 0 Å². The highest BCUT2D eigenvalue weighted by molar-refractivity contribution is 5.95. The van der Waals surface area contributed by atoms with Gasteiger partial charge in [0, 0.05) is 13.1 Å². The van der Waals surface area contributed by atoms with Gasteiger partial charge in [0.25, 0.3) is 0 Å². The molecule has 10 heavy (non-hydrogen) atoms. The lowest BCUT2D eigenvalue weighted by atomic mass is 10.5. The summed E-state index contributed by atoms with van der Waals surface area (Å²) >= 11 is 0. The minimum Gasteiger partial charge on any atom is -0.346 e. The third-order valence-electron chi connectivity index (χ3n) is 1.24. The highest BCUT2D eigenvalue weighted by atomic mass is 19.2. The molecule has 0 heterocycles. The van der Waals surface area contributed by atoms with E-state index < -0.39 is 0 Å². The maximum Gasteiger partial charge on any atom is 0.240 e. The van der Waals surface area contributed by atoms with Crippen molar-refractivity contribution in [1.82, 2.24) is 4.90 Å². The Morgan fingerprint density at radius 3 is 2.20 bits per heavy atom. The molecule has 4 heteroatoms. The van der Waals surface area contributed by atoms with Gasteiger partial charge in [-0.2, -0.15) is 5.26 Å². The second-order valence-corrected chi connectivity index (χ2v) is 1.69. The summed E-state index contributed by atoms with van der Waals surface area (Å²) in [7, 11) is 0. The molecule has 0 rings (SSSR count). The van der Waals surface area contributed by atoms with Crippen molar-refractivity contribution in [2.75, 3.05) is 13.1 Å².